The number of hydrogen-bond acceptors (Lipinski definition) is 4. The number of hydrogen-bond donors (Lipinski definition) is 0. The van der Waals surface area contributed by atoms with E-state index in [1.807, 2.05) is 25.3 Å². The number of nitrogens with zero attached hydrogens (tertiary/aromatic N) is 3. The van der Waals surface area contributed by atoms with Crippen LogP contribution in [0.5, 0.6) is 0 Å². The Morgan fingerprint density at radius 2 is 2.03 bits per heavy atom. The molecule has 3 heterocycles. The molecule has 4 nitrogen and oxygen atoms in total. The molecule has 1 atom stereocenters. The van der Waals surface area contributed by atoms with Gasteiger partial charge in [0.15, 0.2) is 0 Å². The number of aryl methyl sites for hydroxylation is 1. The minimum absolute atomic E-state index is 0.121. The molecule has 0 N–H and O–H groups in total. The maximum atomic E-state index is 13.1. The number of fused-ring (bicyclic) bond motifs is 1. The third-order valence-electron chi connectivity index (χ3n) is 5.88. The van der Waals surface area contributed by atoms with Crippen LogP contribution in [0.1, 0.15) is 31.0 Å². The Hall–Kier alpha value is -2.37. The van der Waals surface area contributed by atoms with E-state index in [2.05, 4.69) is 33.1 Å². The number of pyridine rings is 2. The largest absolute Gasteiger partial charge is 0.381 e. The van der Waals surface area contributed by atoms with Crippen LogP contribution in [0.4, 0.5) is 4.39 Å². The topological polar surface area (TPSA) is 38.2 Å². The first-order chi connectivity index (χ1) is 14.2. The lowest BCUT2D eigenvalue weighted by Gasteiger charge is -2.29. The van der Waals surface area contributed by atoms with Crippen LogP contribution in [0.3, 0.4) is 0 Å². The van der Waals surface area contributed by atoms with Gasteiger partial charge in [-0.15, -0.1) is 0 Å². The molecule has 0 unspecified atom stereocenters. The second-order valence-electron chi connectivity index (χ2n) is 8.10. The van der Waals surface area contributed by atoms with Crippen molar-refractivity contribution in [3.8, 4) is 0 Å². The lowest BCUT2D eigenvalue weighted by atomic mass is 9.82. The molecule has 0 bridgehead atoms. The summed E-state index contributed by atoms with van der Waals surface area (Å²) in [5.74, 6) is -0.284. The summed E-state index contributed by atoms with van der Waals surface area (Å²) in [6, 6.07) is 13.8. The highest BCUT2D eigenvalue weighted by Crippen LogP contribution is 2.36. The lowest BCUT2D eigenvalue weighted by Crippen LogP contribution is -2.32. The average Bonchev–Trinajstić information content (AvgIpc) is 3.15. The van der Waals surface area contributed by atoms with E-state index in [4.69, 9.17) is 4.74 Å². The maximum Gasteiger partial charge on any atom is 0.141 e. The number of rotatable bonds is 8. The summed E-state index contributed by atoms with van der Waals surface area (Å²) in [5, 5.41) is 1.19. The van der Waals surface area contributed by atoms with Crippen LogP contribution in [-0.2, 0) is 17.7 Å². The van der Waals surface area contributed by atoms with E-state index in [1.165, 1.54) is 23.2 Å². The van der Waals surface area contributed by atoms with Gasteiger partial charge in [0.05, 0.1) is 18.3 Å². The van der Waals surface area contributed by atoms with Gasteiger partial charge in [0.2, 0.25) is 0 Å². The first-order valence-electron chi connectivity index (χ1n) is 10.4. The van der Waals surface area contributed by atoms with E-state index in [1.54, 1.807) is 6.07 Å². The van der Waals surface area contributed by atoms with Crippen molar-refractivity contribution in [1.29, 1.82) is 0 Å². The van der Waals surface area contributed by atoms with E-state index < -0.39 is 0 Å². The van der Waals surface area contributed by atoms with Gasteiger partial charge >= 0.3 is 0 Å². The second-order valence-corrected chi connectivity index (χ2v) is 8.10. The van der Waals surface area contributed by atoms with E-state index in [9.17, 15) is 4.39 Å². The quantitative estimate of drug-likeness (QED) is 0.559. The van der Waals surface area contributed by atoms with Crippen molar-refractivity contribution in [1.82, 2.24) is 14.9 Å². The molecule has 0 saturated carbocycles. The molecule has 2 aromatic heterocycles. The molecule has 3 aromatic rings. The zero-order valence-corrected chi connectivity index (χ0v) is 17.0. The molecule has 0 spiro atoms. The SMILES string of the molecule is CCOC[C@@]1(CCc2ccc(F)cn2)CCN(Cc2cnc3ccccc3c2)C1. The molecule has 0 amide bonds. The van der Waals surface area contributed by atoms with Gasteiger partial charge in [-0.3, -0.25) is 14.9 Å². The van der Waals surface area contributed by atoms with Crippen molar-refractivity contribution in [2.45, 2.75) is 32.7 Å². The molecule has 1 aromatic carbocycles. The van der Waals surface area contributed by atoms with Crippen LogP contribution < -0.4 is 0 Å². The number of halogens is 1. The summed E-state index contributed by atoms with van der Waals surface area (Å²) < 4.78 is 19.0. The Kier molecular flexibility index (Phi) is 6.16. The van der Waals surface area contributed by atoms with Crippen molar-refractivity contribution in [2.75, 3.05) is 26.3 Å². The fraction of sp³-hybridized carbons (Fsp3) is 0.417. The lowest BCUT2D eigenvalue weighted by molar-refractivity contribution is 0.0488. The fourth-order valence-corrected chi connectivity index (χ4v) is 4.28. The van der Waals surface area contributed by atoms with Gasteiger partial charge in [-0.2, -0.15) is 0 Å². The van der Waals surface area contributed by atoms with Crippen LogP contribution in [0, 0.1) is 11.2 Å². The molecule has 4 rings (SSSR count). The Morgan fingerprint density at radius 1 is 1.14 bits per heavy atom. The van der Waals surface area contributed by atoms with Gasteiger partial charge in [-0.05, 0) is 62.6 Å². The molecule has 5 heteroatoms. The monoisotopic (exact) mass is 393 g/mol. The number of benzene rings is 1. The van der Waals surface area contributed by atoms with Crippen molar-refractivity contribution in [3.63, 3.8) is 0 Å². The summed E-state index contributed by atoms with van der Waals surface area (Å²) >= 11 is 0. The van der Waals surface area contributed by atoms with Crippen LogP contribution >= 0.6 is 0 Å². The van der Waals surface area contributed by atoms with Crippen LogP contribution in [0.25, 0.3) is 10.9 Å². The summed E-state index contributed by atoms with van der Waals surface area (Å²) in [5.41, 5.74) is 3.35. The normalized spacial score (nSPS) is 19.8. The smallest absolute Gasteiger partial charge is 0.141 e. The number of aromatic nitrogens is 2. The minimum Gasteiger partial charge on any atom is -0.381 e. The van der Waals surface area contributed by atoms with Gasteiger partial charge in [0.25, 0.3) is 0 Å². The third kappa shape index (κ3) is 4.98. The first kappa shape index (κ1) is 19.9. The predicted octanol–water partition coefficient (Wildman–Crippen LogP) is 4.63. The van der Waals surface area contributed by atoms with Gasteiger partial charge in [0.1, 0.15) is 5.82 Å². The van der Waals surface area contributed by atoms with E-state index >= 15 is 0 Å². The van der Waals surface area contributed by atoms with Gasteiger partial charge in [-0.1, -0.05) is 18.2 Å². The van der Waals surface area contributed by atoms with Crippen LogP contribution in [-0.4, -0.2) is 41.2 Å². The summed E-state index contributed by atoms with van der Waals surface area (Å²) in [6.45, 7) is 6.49. The predicted molar refractivity (Wildman–Crippen MR) is 113 cm³/mol. The maximum absolute atomic E-state index is 13.1. The Balaban J connectivity index is 1.42. The molecule has 1 aliphatic rings. The van der Waals surface area contributed by atoms with Crippen molar-refractivity contribution < 1.29 is 9.13 Å². The highest BCUT2D eigenvalue weighted by atomic mass is 19.1. The van der Waals surface area contributed by atoms with Crippen molar-refractivity contribution in [2.24, 2.45) is 5.41 Å². The Morgan fingerprint density at radius 3 is 2.86 bits per heavy atom. The highest BCUT2D eigenvalue weighted by molar-refractivity contribution is 5.78. The fourth-order valence-electron chi connectivity index (χ4n) is 4.28. The van der Waals surface area contributed by atoms with Crippen molar-refractivity contribution in [3.05, 3.63) is 71.9 Å². The van der Waals surface area contributed by atoms with Gasteiger partial charge in [0, 0.05) is 42.4 Å². The molecule has 152 valence electrons. The summed E-state index contributed by atoms with van der Waals surface area (Å²) in [7, 11) is 0. The zero-order valence-electron chi connectivity index (χ0n) is 17.0. The zero-order chi connectivity index (χ0) is 20.1. The number of para-hydroxylation sites is 1. The Labute approximate surface area is 171 Å². The first-order valence-corrected chi connectivity index (χ1v) is 10.4. The second kappa shape index (κ2) is 8.97. The van der Waals surface area contributed by atoms with Gasteiger partial charge < -0.3 is 4.74 Å². The molecule has 29 heavy (non-hydrogen) atoms. The molecule has 0 aliphatic carbocycles. The third-order valence-corrected chi connectivity index (χ3v) is 5.88. The standard InChI is InChI=1S/C24H28FN3O/c1-2-29-18-24(10-9-22-8-7-21(25)15-26-22)11-12-28(17-24)16-19-13-20-5-3-4-6-23(20)27-14-19/h3-8,13-15H,2,9-12,16-18H2,1H3/t24-/m0/s1. The van der Waals surface area contributed by atoms with Gasteiger partial charge in [-0.25, -0.2) is 4.39 Å². The number of likely N-dealkylation sites (tertiary alicyclic amines) is 1. The van der Waals surface area contributed by atoms with Crippen LogP contribution in [0.2, 0.25) is 0 Å². The van der Waals surface area contributed by atoms with E-state index in [-0.39, 0.29) is 11.2 Å². The summed E-state index contributed by atoms with van der Waals surface area (Å²) in [6.07, 6.45) is 6.25. The molecule has 1 saturated heterocycles. The molecular formula is C24H28FN3O. The summed E-state index contributed by atoms with van der Waals surface area (Å²) in [4.78, 5) is 11.3. The Bertz CT molecular complexity index is 946. The van der Waals surface area contributed by atoms with E-state index in [0.717, 1.165) is 63.3 Å². The highest BCUT2D eigenvalue weighted by Gasteiger charge is 2.38. The number of ether oxygens (including phenoxy) is 1. The van der Waals surface area contributed by atoms with Crippen molar-refractivity contribution >= 4 is 10.9 Å². The van der Waals surface area contributed by atoms with Crippen LogP contribution in [0.15, 0.2) is 54.9 Å². The van der Waals surface area contributed by atoms with E-state index in [0.29, 0.717) is 0 Å². The molecular weight excluding hydrogens is 365 g/mol. The minimum atomic E-state index is -0.284. The molecule has 1 fully saturated rings. The molecule has 1 aliphatic heterocycles. The molecule has 0 radical (unpaired) electrons. The average molecular weight is 394 g/mol.